The van der Waals surface area contributed by atoms with Gasteiger partial charge in [-0.2, -0.15) is 5.10 Å². The zero-order chi connectivity index (χ0) is 16.2. The molecule has 7 nitrogen and oxygen atoms in total. The largest absolute Gasteiger partial charge is 0.480 e. The van der Waals surface area contributed by atoms with Crippen LogP contribution in [0.4, 0.5) is 0 Å². The second kappa shape index (κ2) is 6.82. The lowest BCUT2D eigenvalue weighted by molar-refractivity contribution is -0.141. The maximum absolute atomic E-state index is 12.5. The van der Waals surface area contributed by atoms with Crippen LogP contribution < -0.4 is 0 Å². The molecule has 0 spiro atoms. The van der Waals surface area contributed by atoms with Gasteiger partial charge in [0.25, 0.3) is 5.91 Å². The fourth-order valence-corrected chi connectivity index (χ4v) is 3.33. The smallest absolute Gasteiger partial charge is 0.326 e. The number of rotatable bonds is 5. The Morgan fingerprint density at radius 2 is 2.13 bits per heavy atom. The maximum atomic E-state index is 12.5. The van der Waals surface area contributed by atoms with Crippen molar-refractivity contribution in [1.29, 1.82) is 0 Å². The Morgan fingerprint density at radius 3 is 2.78 bits per heavy atom. The summed E-state index contributed by atoms with van der Waals surface area (Å²) in [6, 6.07) is 6.54. The van der Waals surface area contributed by atoms with Gasteiger partial charge in [-0.25, -0.2) is 9.78 Å². The van der Waals surface area contributed by atoms with Gasteiger partial charge in [0.05, 0.1) is 0 Å². The summed E-state index contributed by atoms with van der Waals surface area (Å²) in [5.74, 6) is -0.439. The number of aliphatic carboxylic acids is 1. The highest BCUT2D eigenvalue weighted by atomic mass is 32.2. The molecule has 1 aliphatic rings. The summed E-state index contributed by atoms with van der Waals surface area (Å²) in [5.41, 5.74) is 1.57. The van der Waals surface area contributed by atoms with Gasteiger partial charge in [-0.3, -0.25) is 9.89 Å². The molecule has 8 heteroatoms. The molecule has 120 valence electrons. The Hall–Kier alpha value is -2.35. The molecule has 0 aliphatic carbocycles. The van der Waals surface area contributed by atoms with E-state index in [1.54, 1.807) is 12.1 Å². The van der Waals surface area contributed by atoms with E-state index in [2.05, 4.69) is 15.2 Å². The molecule has 23 heavy (non-hydrogen) atoms. The van der Waals surface area contributed by atoms with Gasteiger partial charge in [0.1, 0.15) is 12.4 Å². The third-order valence-electron chi connectivity index (χ3n) is 3.77. The molecule has 2 heterocycles. The molecule has 1 amide bonds. The zero-order valence-corrected chi connectivity index (χ0v) is 13.1. The van der Waals surface area contributed by atoms with Crippen LogP contribution in [0.3, 0.4) is 0 Å². The highest BCUT2D eigenvalue weighted by Crippen LogP contribution is 2.22. The molecule has 1 fully saturated rings. The first-order valence-corrected chi connectivity index (χ1v) is 8.24. The van der Waals surface area contributed by atoms with Gasteiger partial charge in [-0.1, -0.05) is 23.9 Å². The summed E-state index contributed by atoms with van der Waals surface area (Å²) in [6.07, 6.45) is 2.71. The van der Waals surface area contributed by atoms with E-state index in [4.69, 9.17) is 0 Å². The van der Waals surface area contributed by atoms with Gasteiger partial charge in [0.2, 0.25) is 0 Å². The van der Waals surface area contributed by atoms with Crippen molar-refractivity contribution in [3.05, 3.63) is 41.7 Å². The van der Waals surface area contributed by atoms with Crippen LogP contribution in [0, 0.1) is 0 Å². The van der Waals surface area contributed by atoms with Crippen molar-refractivity contribution >= 4 is 23.6 Å². The van der Waals surface area contributed by atoms with Crippen molar-refractivity contribution in [2.45, 2.75) is 29.8 Å². The SMILES string of the molecule is O=C(O)C1CCCN1C(=O)c1ccc(CSc2ncn[nH]2)cc1. The minimum absolute atomic E-state index is 0.218. The molecule has 1 aromatic heterocycles. The fourth-order valence-electron chi connectivity index (χ4n) is 2.59. The van der Waals surface area contributed by atoms with Crippen molar-refractivity contribution in [2.24, 2.45) is 0 Å². The highest BCUT2D eigenvalue weighted by molar-refractivity contribution is 7.98. The first-order chi connectivity index (χ1) is 11.1. The molecule has 2 N–H and O–H groups in total. The lowest BCUT2D eigenvalue weighted by atomic mass is 10.1. The van der Waals surface area contributed by atoms with Crippen molar-refractivity contribution in [3.8, 4) is 0 Å². The van der Waals surface area contributed by atoms with E-state index >= 15 is 0 Å². The summed E-state index contributed by atoms with van der Waals surface area (Å²) in [7, 11) is 0. The summed E-state index contributed by atoms with van der Waals surface area (Å²) in [4.78, 5) is 29.1. The van der Waals surface area contributed by atoms with Crippen LogP contribution in [0.25, 0.3) is 0 Å². The lowest BCUT2D eigenvalue weighted by Crippen LogP contribution is -2.40. The molecular weight excluding hydrogens is 316 g/mol. The van der Waals surface area contributed by atoms with E-state index in [0.29, 0.717) is 24.3 Å². The molecule has 1 unspecified atom stereocenters. The molecule has 1 atom stereocenters. The van der Waals surface area contributed by atoms with Crippen molar-refractivity contribution < 1.29 is 14.7 Å². The molecule has 3 rings (SSSR count). The van der Waals surface area contributed by atoms with Crippen LogP contribution in [0.5, 0.6) is 0 Å². The maximum Gasteiger partial charge on any atom is 0.326 e. The Labute approximate surface area is 137 Å². The molecule has 1 saturated heterocycles. The molecular formula is C15H16N4O3S. The first kappa shape index (κ1) is 15.5. The van der Waals surface area contributed by atoms with Crippen LogP contribution in [-0.2, 0) is 10.5 Å². The standard InChI is InChI=1S/C15H16N4O3S/c20-13(19-7-1-2-12(19)14(21)22)11-5-3-10(4-6-11)8-23-15-16-9-17-18-15/h3-6,9,12H,1-2,7-8H2,(H,21,22)(H,16,17,18). The topological polar surface area (TPSA) is 99.2 Å². The third-order valence-corrected chi connectivity index (χ3v) is 4.72. The van der Waals surface area contributed by atoms with Crippen LogP contribution in [0.1, 0.15) is 28.8 Å². The minimum atomic E-state index is -0.934. The number of hydrogen-bond donors (Lipinski definition) is 2. The Bertz CT molecular complexity index is 687. The summed E-state index contributed by atoms with van der Waals surface area (Å²) in [5, 5.41) is 16.5. The summed E-state index contributed by atoms with van der Waals surface area (Å²) >= 11 is 1.52. The number of aromatic nitrogens is 3. The molecule has 0 radical (unpaired) electrons. The van der Waals surface area contributed by atoms with E-state index in [1.165, 1.54) is 23.0 Å². The summed E-state index contributed by atoms with van der Waals surface area (Å²) < 4.78 is 0. The lowest BCUT2D eigenvalue weighted by Gasteiger charge is -2.21. The van der Waals surface area contributed by atoms with Gasteiger partial charge in [0, 0.05) is 17.9 Å². The molecule has 2 aromatic rings. The molecule has 0 bridgehead atoms. The fraction of sp³-hybridized carbons (Fsp3) is 0.333. The van der Waals surface area contributed by atoms with Gasteiger partial charge >= 0.3 is 5.97 Å². The number of aromatic amines is 1. The monoisotopic (exact) mass is 332 g/mol. The van der Waals surface area contributed by atoms with Crippen LogP contribution >= 0.6 is 11.8 Å². The van der Waals surface area contributed by atoms with Crippen molar-refractivity contribution in [1.82, 2.24) is 20.1 Å². The third kappa shape index (κ3) is 3.53. The minimum Gasteiger partial charge on any atom is -0.480 e. The number of H-pyrrole nitrogens is 1. The predicted octanol–water partition coefficient (Wildman–Crippen LogP) is 1.79. The van der Waals surface area contributed by atoms with E-state index < -0.39 is 12.0 Å². The average molecular weight is 332 g/mol. The number of benzene rings is 1. The number of carboxylic acids is 1. The van der Waals surface area contributed by atoms with Crippen LogP contribution in [-0.4, -0.2) is 49.7 Å². The highest BCUT2D eigenvalue weighted by Gasteiger charge is 2.34. The number of amides is 1. The molecule has 1 aliphatic heterocycles. The van der Waals surface area contributed by atoms with E-state index in [-0.39, 0.29) is 5.91 Å². The zero-order valence-electron chi connectivity index (χ0n) is 12.3. The molecule has 0 saturated carbocycles. The van der Waals surface area contributed by atoms with Gasteiger partial charge in [-0.05, 0) is 30.5 Å². The second-order valence-corrected chi connectivity index (χ2v) is 6.24. The van der Waals surface area contributed by atoms with E-state index in [0.717, 1.165) is 17.1 Å². The number of carbonyl (C=O) groups excluding carboxylic acids is 1. The van der Waals surface area contributed by atoms with E-state index in [9.17, 15) is 14.7 Å². The van der Waals surface area contributed by atoms with Crippen LogP contribution in [0.2, 0.25) is 0 Å². The van der Waals surface area contributed by atoms with Gasteiger partial charge < -0.3 is 10.0 Å². The molecule has 1 aromatic carbocycles. The number of thioether (sulfide) groups is 1. The van der Waals surface area contributed by atoms with Crippen molar-refractivity contribution in [3.63, 3.8) is 0 Å². The number of likely N-dealkylation sites (tertiary alicyclic amines) is 1. The number of hydrogen-bond acceptors (Lipinski definition) is 5. The predicted molar refractivity (Wildman–Crippen MR) is 84.1 cm³/mol. The number of carboxylic acid groups (broad SMARTS) is 1. The Balaban J connectivity index is 1.64. The Kier molecular flexibility index (Phi) is 4.61. The number of nitrogens with zero attached hydrogens (tertiary/aromatic N) is 3. The first-order valence-electron chi connectivity index (χ1n) is 7.26. The van der Waals surface area contributed by atoms with Crippen molar-refractivity contribution in [2.75, 3.05) is 6.54 Å². The van der Waals surface area contributed by atoms with Gasteiger partial charge in [0.15, 0.2) is 5.16 Å². The quantitative estimate of drug-likeness (QED) is 0.810. The summed E-state index contributed by atoms with van der Waals surface area (Å²) in [6.45, 7) is 0.499. The van der Waals surface area contributed by atoms with Crippen LogP contribution in [0.15, 0.2) is 35.7 Å². The number of nitrogens with one attached hydrogen (secondary N) is 1. The van der Waals surface area contributed by atoms with Gasteiger partial charge in [-0.15, -0.1) is 0 Å². The normalized spacial score (nSPS) is 17.4. The van der Waals surface area contributed by atoms with E-state index in [1.807, 2.05) is 12.1 Å². The average Bonchev–Trinajstić information content (AvgIpc) is 3.24. The number of carbonyl (C=O) groups is 2. The Morgan fingerprint density at radius 1 is 1.35 bits per heavy atom. The second-order valence-electron chi connectivity index (χ2n) is 5.27.